The Balaban J connectivity index is 2.47. The number of amides is 1. The van der Waals surface area contributed by atoms with E-state index in [-0.39, 0.29) is 0 Å². The summed E-state index contributed by atoms with van der Waals surface area (Å²) in [6.45, 7) is 0. The topological polar surface area (TPSA) is 37.4 Å². The van der Waals surface area contributed by atoms with E-state index in [9.17, 15) is 9.36 Å². The van der Waals surface area contributed by atoms with Crippen molar-refractivity contribution in [2.45, 2.75) is 0 Å². The highest BCUT2D eigenvalue weighted by Gasteiger charge is 2.23. The molecule has 1 amide bonds. The molecule has 2 rings (SSSR count). The van der Waals surface area contributed by atoms with E-state index in [2.05, 4.69) is 0 Å². The van der Waals surface area contributed by atoms with Crippen LogP contribution in [0.4, 0.5) is 16.2 Å². The number of nitrogens with zero attached hydrogens (tertiary/aromatic N) is 1. The Kier molecular flexibility index (Phi) is 3.63. The van der Waals surface area contributed by atoms with Gasteiger partial charge in [0.25, 0.3) is 0 Å². The quantitative estimate of drug-likeness (QED) is 0.766. The minimum absolute atomic E-state index is 0.428. The third-order valence-corrected chi connectivity index (χ3v) is 2.72. The standard InChI is InChI=1S/C13H10NO2P/c15-13(17-16)14(11-7-3-1-4-8-11)12-9-5-2-6-10-12/h1-10H/p+1. The van der Waals surface area contributed by atoms with E-state index in [0.717, 1.165) is 0 Å². The molecule has 0 aliphatic rings. The van der Waals surface area contributed by atoms with Crippen LogP contribution in [0.25, 0.3) is 0 Å². The second kappa shape index (κ2) is 5.37. The zero-order valence-corrected chi connectivity index (χ0v) is 10.0. The minimum atomic E-state index is -1.00. The van der Waals surface area contributed by atoms with Crippen LogP contribution in [0.1, 0.15) is 0 Å². The van der Waals surface area contributed by atoms with Gasteiger partial charge in [0.2, 0.25) is 0 Å². The minimum Gasteiger partial charge on any atom is -0.238 e. The lowest BCUT2D eigenvalue weighted by Gasteiger charge is -2.16. The molecule has 0 aromatic heterocycles. The molecular weight excluding hydrogens is 233 g/mol. The van der Waals surface area contributed by atoms with Gasteiger partial charge < -0.3 is 0 Å². The summed E-state index contributed by atoms with van der Waals surface area (Å²) in [5.74, 6) is 0. The fourth-order valence-corrected chi connectivity index (χ4v) is 1.93. The van der Waals surface area contributed by atoms with Gasteiger partial charge in [0.05, 0.1) is 11.4 Å². The normalized spacial score (nSPS) is 10.1. The Hall–Kier alpha value is -1.99. The number of hydrogen-bond acceptors (Lipinski definition) is 2. The maximum atomic E-state index is 11.7. The average Bonchev–Trinajstić information content (AvgIpc) is 2.41. The van der Waals surface area contributed by atoms with Crippen LogP contribution in [0, 0.1) is 0 Å². The Morgan fingerprint density at radius 2 is 1.24 bits per heavy atom. The first kappa shape index (κ1) is 11.5. The molecule has 0 saturated heterocycles. The molecule has 1 atom stereocenters. The number of carbonyl (C=O) groups excluding carboxylic acids is 1. The van der Waals surface area contributed by atoms with Crippen LogP contribution in [0.3, 0.4) is 0 Å². The molecule has 84 valence electrons. The Labute approximate surface area is 101 Å². The van der Waals surface area contributed by atoms with Crippen LogP contribution in [0.2, 0.25) is 0 Å². The molecular formula is C13H11NO2P+. The number of para-hydroxylation sites is 2. The number of anilines is 2. The third-order valence-electron chi connectivity index (χ3n) is 2.32. The Bertz CT molecular complexity index is 474. The summed E-state index contributed by atoms with van der Waals surface area (Å²) in [7, 11) is -1.00. The molecule has 0 N–H and O–H groups in total. The van der Waals surface area contributed by atoms with E-state index in [1.807, 2.05) is 60.7 Å². The molecule has 1 unspecified atom stereocenters. The molecule has 17 heavy (non-hydrogen) atoms. The SMILES string of the molecule is O=[PH+]C(=O)N(c1ccccc1)c1ccccc1. The molecule has 4 heteroatoms. The van der Waals surface area contributed by atoms with E-state index >= 15 is 0 Å². The second-order valence-corrected chi connectivity index (χ2v) is 4.05. The summed E-state index contributed by atoms with van der Waals surface area (Å²) in [4.78, 5) is 13.2. The molecule has 2 aromatic carbocycles. The van der Waals surface area contributed by atoms with Crippen LogP contribution in [-0.2, 0) is 4.57 Å². The number of rotatable bonds is 3. The van der Waals surface area contributed by atoms with Gasteiger partial charge >= 0.3 is 14.1 Å². The molecule has 0 bridgehead atoms. The van der Waals surface area contributed by atoms with E-state index in [1.54, 1.807) is 0 Å². The van der Waals surface area contributed by atoms with Crippen molar-refractivity contribution in [2.24, 2.45) is 0 Å². The summed E-state index contributed by atoms with van der Waals surface area (Å²) in [6.07, 6.45) is 0. The van der Waals surface area contributed by atoms with Gasteiger partial charge in [0, 0.05) is 0 Å². The molecule has 0 heterocycles. The van der Waals surface area contributed by atoms with Crippen molar-refractivity contribution in [1.29, 1.82) is 0 Å². The largest absolute Gasteiger partial charge is 0.469 e. The third kappa shape index (κ3) is 2.58. The van der Waals surface area contributed by atoms with Gasteiger partial charge in [-0.15, -0.1) is 0 Å². The molecule has 2 aromatic rings. The molecule has 0 aliphatic heterocycles. The Morgan fingerprint density at radius 3 is 1.59 bits per heavy atom. The number of benzene rings is 2. The highest BCUT2D eigenvalue weighted by molar-refractivity contribution is 7.46. The molecule has 0 spiro atoms. The van der Waals surface area contributed by atoms with E-state index in [1.165, 1.54) is 4.90 Å². The molecule has 0 aliphatic carbocycles. The summed E-state index contributed by atoms with van der Waals surface area (Å²) in [6, 6.07) is 18.3. The van der Waals surface area contributed by atoms with Crippen molar-refractivity contribution < 1.29 is 9.36 Å². The van der Waals surface area contributed by atoms with E-state index in [0.29, 0.717) is 11.4 Å². The molecule has 0 fully saturated rings. The van der Waals surface area contributed by atoms with Gasteiger partial charge in [-0.05, 0) is 24.3 Å². The smallest absolute Gasteiger partial charge is 0.238 e. The maximum absolute atomic E-state index is 11.7. The van der Waals surface area contributed by atoms with Crippen molar-refractivity contribution >= 4 is 25.5 Å². The fraction of sp³-hybridized carbons (Fsp3) is 0. The lowest BCUT2D eigenvalue weighted by Crippen LogP contribution is -2.19. The zero-order chi connectivity index (χ0) is 12.1. The lowest BCUT2D eigenvalue weighted by atomic mass is 10.2. The first-order valence-corrected chi connectivity index (χ1v) is 6.06. The zero-order valence-electron chi connectivity index (χ0n) is 9.04. The first-order valence-electron chi connectivity index (χ1n) is 5.15. The summed E-state index contributed by atoms with van der Waals surface area (Å²) in [5, 5.41) is 0. The monoisotopic (exact) mass is 244 g/mol. The van der Waals surface area contributed by atoms with Crippen LogP contribution in [-0.4, -0.2) is 5.65 Å². The fourth-order valence-electron chi connectivity index (χ4n) is 1.58. The van der Waals surface area contributed by atoms with Crippen molar-refractivity contribution in [3.8, 4) is 0 Å². The van der Waals surface area contributed by atoms with Gasteiger partial charge in [0.15, 0.2) is 0 Å². The van der Waals surface area contributed by atoms with Gasteiger partial charge in [-0.2, -0.15) is 0 Å². The highest BCUT2D eigenvalue weighted by atomic mass is 31.1. The van der Waals surface area contributed by atoms with Crippen molar-refractivity contribution in [3.63, 3.8) is 0 Å². The molecule has 0 saturated carbocycles. The van der Waals surface area contributed by atoms with Crippen molar-refractivity contribution in [3.05, 3.63) is 60.7 Å². The van der Waals surface area contributed by atoms with Crippen LogP contribution in [0.5, 0.6) is 0 Å². The van der Waals surface area contributed by atoms with Gasteiger partial charge in [-0.25, -0.2) is 9.69 Å². The van der Waals surface area contributed by atoms with Crippen molar-refractivity contribution in [2.75, 3.05) is 4.90 Å². The van der Waals surface area contributed by atoms with Gasteiger partial charge in [-0.3, -0.25) is 0 Å². The maximum Gasteiger partial charge on any atom is 0.469 e. The lowest BCUT2D eigenvalue weighted by molar-refractivity contribution is 0.266. The number of hydrogen-bond donors (Lipinski definition) is 0. The van der Waals surface area contributed by atoms with Gasteiger partial charge in [-0.1, -0.05) is 41.0 Å². The summed E-state index contributed by atoms with van der Waals surface area (Å²) >= 11 is 0. The van der Waals surface area contributed by atoms with E-state index in [4.69, 9.17) is 0 Å². The first-order chi connectivity index (χ1) is 8.33. The summed E-state index contributed by atoms with van der Waals surface area (Å²) < 4.78 is 10.9. The molecule has 0 radical (unpaired) electrons. The van der Waals surface area contributed by atoms with Crippen LogP contribution < -0.4 is 4.90 Å². The van der Waals surface area contributed by atoms with Crippen LogP contribution >= 0.6 is 8.46 Å². The average molecular weight is 244 g/mol. The van der Waals surface area contributed by atoms with Crippen LogP contribution in [0.15, 0.2) is 60.7 Å². The highest BCUT2D eigenvalue weighted by Crippen LogP contribution is 2.27. The van der Waals surface area contributed by atoms with Crippen molar-refractivity contribution in [1.82, 2.24) is 0 Å². The van der Waals surface area contributed by atoms with E-state index < -0.39 is 14.1 Å². The second-order valence-electron chi connectivity index (χ2n) is 3.41. The summed E-state index contributed by atoms with van der Waals surface area (Å²) in [5.41, 5.74) is 1.00. The predicted molar refractivity (Wildman–Crippen MR) is 69.4 cm³/mol. The number of carbonyl (C=O) groups is 1. The predicted octanol–water partition coefficient (Wildman–Crippen LogP) is 3.97. The molecule has 3 nitrogen and oxygen atoms in total. The Morgan fingerprint density at radius 1 is 0.824 bits per heavy atom. The van der Waals surface area contributed by atoms with Gasteiger partial charge in [0.1, 0.15) is 0 Å².